The Kier molecular flexibility index (Phi) is 5.55. The van der Waals surface area contributed by atoms with Crippen molar-refractivity contribution in [2.75, 3.05) is 31.1 Å². The molecule has 0 radical (unpaired) electrons. The molecule has 1 fully saturated rings. The van der Waals surface area contributed by atoms with Gasteiger partial charge in [-0.1, -0.05) is 41.4 Å². The van der Waals surface area contributed by atoms with Crippen molar-refractivity contribution < 1.29 is 0 Å². The van der Waals surface area contributed by atoms with E-state index >= 15 is 0 Å². The number of piperazine rings is 1. The Morgan fingerprint density at radius 1 is 0.893 bits per heavy atom. The lowest BCUT2D eigenvalue weighted by molar-refractivity contribution is 0.272. The standard InChI is InChI=1S/C21H21Cl2N5/c1-16-20(21(23)28(25-16)19-5-3-2-4-6-19)15-24-27-13-11-26(12-14-27)18-9-7-17(22)8-10-18/h2-10,15H,11-14H2,1H3. The van der Waals surface area contributed by atoms with Gasteiger partial charge in [-0.15, -0.1) is 0 Å². The number of hydrogen-bond acceptors (Lipinski definition) is 4. The predicted molar refractivity (Wildman–Crippen MR) is 116 cm³/mol. The molecule has 0 aliphatic carbocycles. The quantitative estimate of drug-likeness (QED) is 0.584. The van der Waals surface area contributed by atoms with E-state index in [0.717, 1.165) is 48.1 Å². The first-order valence-corrected chi connectivity index (χ1v) is 9.97. The fraction of sp³-hybridized carbons (Fsp3) is 0.238. The number of nitrogens with zero attached hydrogens (tertiary/aromatic N) is 5. The zero-order valence-corrected chi connectivity index (χ0v) is 17.1. The first-order valence-electron chi connectivity index (χ1n) is 9.22. The summed E-state index contributed by atoms with van der Waals surface area (Å²) in [6.45, 7) is 5.47. The fourth-order valence-corrected chi connectivity index (χ4v) is 3.71. The Labute approximate surface area is 174 Å². The zero-order valence-electron chi connectivity index (χ0n) is 15.6. The van der Waals surface area contributed by atoms with Crippen LogP contribution in [0.4, 0.5) is 5.69 Å². The van der Waals surface area contributed by atoms with Gasteiger partial charge in [0.2, 0.25) is 0 Å². The summed E-state index contributed by atoms with van der Waals surface area (Å²) < 4.78 is 1.75. The molecule has 28 heavy (non-hydrogen) atoms. The zero-order chi connectivity index (χ0) is 19.5. The van der Waals surface area contributed by atoms with E-state index < -0.39 is 0 Å². The molecule has 1 aliphatic heterocycles. The van der Waals surface area contributed by atoms with Crippen LogP contribution in [0.25, 0.3) is 5.69 Å². The van der Waals surface area contributed by atoms with Gasteiger partial charge in [-0.25, -0.2) is 4.68 Å². The highest BCUT2D eigenvalue weighted by Crippen LogP contribution is 2.23. The van der Waals surface area contributed by atoms with E-state index in [0.29, 0.717) is 5.15 Å². The van der Waals surface area contributed by atoms with E-state index in [2.05, 4.69) is 32.2 Å². The van der Waals surface area contributed by atoms with Crippen molar-refractivity contribution in [3.63, 3.8) is 0 Å². The van der Waals surface area contributed by atoms with Crippen LogP contribution in [0.2, 0.25) is 10.2 Å². The molecule has 0 atom stereocenters. The molecular formula is C21H21Cl2N5. The largest absolute Gasteiger partial charge is 0.368 e. The third-order valence-electron chi connectivity index (χ3n) is 4.85. The molecule has 5 nitrogen and oxygen atoms in total. The third kappa shape index (κ3) is 4.01. The maximum atomic E-state index is 6.57. The van der Waals surface area contributed by atoms with Crippen molar-refractivity contribution in [2.24, 2.45) is 5.10 Å². The molecule has 144 valence electrons. The molecule has 0 saturated carbocycles. The van der Waals surface area contributed by atoms with Crippen molar-refractivity contribution in [2.45, 2.75) is 6.92 Å². The molecule has 4 rings (SSSR count). The summed E-state index contributed by atoms with van der Waals surface area (Å²) in [7, 11) is 0. The normalized spacial score (nSPS) is 14.8. The lowest BCUT2D eigenvalue weighted by Crippen LogP contribution is -2.44. The first kappa shape index (κ1) is 18.8. The van der Waals surface area contributed by atoms with E-state index in [1.165, 1.54) is 5.69 Å². The number of aromatic nitrogens is 2. The highest BCUT2D eigenvalue weighted by molar-refractivity contribution is 6.32. The van der Waals surface area contributed by atoms with Gasteiger partial charge < -0.3 is 4.90 Å². The number of benzene rings is 2. The Bertz CT molecular complexity index is 958. The highest BCUT2D eigenvalue weighted by Gasteiger charge is 2.17. The van der Waals surface area contributed by atoms with Gasteiger partial charge in [-0.2, -0.15) is 10.2 Å². The molecule has 0 N–H and O–H groups in total. The highest BCUT2D eigenvalue weighted by atomic mass is 35.5. The van der Waals surface area contributed by atoms with Gasteiger partial charge in [0.25, 0.3) is 0 Å². The molecule has 2 aromatic carbocycles. The van der Waals surface area contributed by atoms with Gasteiger partial charge in [0, 0.05) is 23.8 Å². The van der Waals surface area contributed by atoms with Crippen molar-refractivity contribution >= 4 is 35.1 Å². The molecule has 2 heterocycles. The number of halogens is 2. The minimum Gasteiger partial charge on any atom is -0.368 e. The SMILES string of the molecule is Cc1nn(-c2ccccc2)c(Cl)c1C=NN1CCN(c2ccc(Cl)cc2)CC1. The van der Waals surface area contributed by atoms with Gasteiger partial charge in [0.1, 0.15) is 5.15 Å². The van der Waals surface area contributed by atoms with E-state index in [-0.39, 0.29) is 0 Å². The number of para-hydroxylation sites is 1. The summed E-state index contributed by atoms with van der Waals surface area (Å²) >= 11 is 12.5. The average molecular weight is 414 g/mol. The van der Waals surface area contributed by atoms with Crippen LogP contribution in [-0.4, -0.2) is 47.2 Å². The van der Waals surface area contributed by atoms with Crippen LogP contribution in [-0.2, 0) is 0 Å². The van der Waals surface area contributed by atoms with Crippen LogP contribution in [0.3, 0.4) is 0 Å². The van der Waals surface area contributed by atoms with Crippen LogP contribution >= 0.6 is 23.2 Å². The molecule has 0 bridgehead atoms. The Balaban J connectivity index is 1.43. The van der Waals surface area contributed by atoms with Crippen LogP contribution in [0.1, 0.15) is 11.3 Å². The third-order valence-corrected chi connectivity index (χ3v) is 5.46. The molecule has 1 aliphatic rings. The molecule has 0 amide bonds. The average Bonchev–Trinajstić information content (AvgIpc) is 3.02. The second kappa shape index (κ2) is 8.25. The van der Waals surface area contributed by atoms with Crippen molar-refractivity contribution in [3.05, 3.63) is 76.0 Å². The topological polar surface area (TPSA) is 36.7 Å². The van der Waals surface area contributed by atoms with Crippen molar-refractivity contribution in [1.29, 1.82) is 0 Å². The number of hydrogen-bond donors (Lipinski definition) is 0. The molecule has 0 spiro atoms. The lowest BCUT2D eigenvalue weighted by atomic mass is 10.2. The van der Waals surface area contributed by atoms with Crippen molar-refractivity contribution in [3.8, 4) is 5.69 Å². The minimum atomic E-state index is 0.576. The van der Waals surface area contributed by atoms with E-state index in [4.69, 9.17) is 23.2 Å². The summed E-state index contributed by atoms with van der Waals surface area (Å²) in [6, 6.07) is 17.8. The monoisotopic (exact) mass is 413 g/mol. The number of aryl methyl sites for hydroxylation is 1. The van der Waals surface area contributed by atoms with Gasteiger partial charge in [0.05, 0.1) is 36.2 Å². The number of hydrazone groups is 1. The predicted octanol–water partition coefficient (Wildman–Crippen LogP) is 4.64. The second-order valence-electron chi connectivity index (χ2n) is 6.70. The molecule has 1 saturated heterocycles. The fourth-order valence-electron chi connectivity index (χ4n) is 3.26. The lowest BCUT2D eigenvalue weighted by Gasteiger charge is -2.34. The molecular weight excluding hydrogens is 393 g/mol. The smallest absolute Gasteiger partial charge is 0.142 e. The van der Waals surface area contributed by atoms with Crippen molar-refractivity contribution in [1.82, 2.24) is 14.8 Å². The summed E-state index contributed by atoms with van der Waals surface area (Å²) in [5.41, 5.74) is 3.84. The maximum absolute atomic E-state index is 6.57. The summed E-state index contributed by atoms with van der Waals surface area (Å²) in [4.78, 5) is 2.34. The summed E-state index contributed by atoms with van der Waals surface area (Å²) in [5, 5.41) is 12.6. The van der Waals surface area contributed by atoms with Crippen LogP contribution < -0.4 is 4.90 Å². The molecule has 7 heteroatoms. The van der Waals surface area contributed by atoms with Gasteiger partial charge >= 0.3 is 0 Å². The maximum Gasteiger partial charge on any atom is 0.142 e. The Morgan fingerprint density at radius 2 is 1.57 bits per heavy atom. The molecule has 0 unspecified atom stereocenters. The Hall–Kier alpha value is -2.50. The van der Waals surface area contributed by atoms with Gasteiger partial charge in [-0.05, 0) is 43.3 Å². The summed E-state index contributed by atoms with van der Waals surface area (Å²) in [5.74, 6) is 0. The van der Waals surface area contributed by atoms with E-state index in [9.17, 15) is 0 Å². The molecule has 3 aromatic rings. The number of anilines is 1. The number of rotatable bonds is 4. The van der Waals surface area contributed by atoms with Gasteiger partial charge in [-0.3, -0.25) is 5.01 Å². The van der Waals surface area contributed by atoms with Crippen LogP contribution in [0, 0.1) is 6.92 Å². The summed E-state index contributed by atoms with van der Waals surface area (Å²) in [6.07, 6.45) is 1.82. The Morgan fingerprint density at radius 3 is 2.25 bits per heavy atom. The van der Waals surface area contributed by atoms with E-state index in [1.54, 1.807) is 4.68 Å². The molecule has 1 aromatic heterocycles. The van der Waals surface area contributed by atoms with Crippen LogP contribution in [0.5, 0.6) is 0 Å². The minimum absolute atomic E-state index is 0.576. The van der Waals surface area contributed by atoms with Crippen LogP contribution in [0.15, 0.2) is 59.7 Å². The van der Waals surface area contributed by atoms with E-state index in [1.807, 2.05) is 55.6 Å². The first-order chi connectivity index (χ1) is 13.6. The second-order valence-corrected chi connectivity index (χ2v) is 7.49. The van der Waals surface area contributed by atoms with Gasteiger partial charge in [0.15, 0.2) is 0 Å².